The SMILES string of the molecule is CCc1ccc2nccc(N3CC(C(=O)O)C3)c2c1. The van der Waals surface area contributed by atoms with Crippen molar-refractivity contribution < 1.29 is 9.90 Å². The van der Waals surface area contributed by atoms with Crippen molar-refractivity contribution in [1.29, 1.82) is 0 Å². The van der Waals surface area contributed by atoms with Gasteiger partial charge in [0.1, 0.15) is 0 Å². The third-order valence-electron chi connectivity index (χ3n) is 3.76. The average molecular weight is 256 g/mol. The van der Waals surface area contributed by atoms with Gasteiger partial charge in [0, 0.05) is 30.4 Å². The summed E-state index contributed by atoms with van der Waals surface area (Å²) in [5.41, 5.74) is 3.34. The van der Waals surface area contributed by atoms with E-state index in [1.54, 1.807) is 6.20 Å². The topological polar surface area (TPSA) is 53.4 Å². The second-order valence-corrected chi connectivity index (χ2v) is 4.98. The molecule has 1 aliphatic heterocycles. The van der Waals surface area contributed by atoms with Crippen LogP contribution < -0.4 is 4.90 Å². The highest BCUT2D eigenvalue weighted by Crippen LogP contribution is 2.31. The van der Waals surface area contributed by atoms with Gasteiger partial charge < -0.3 is 10.0 Å². The molecule has 3 rings (SSSR count). The molecule has 0 spiro atoms. The van der Waals surface area contributed by atoms with Crippen LogP contribution in [0.3, 0.4) is 0 Å². The molecule has 4 heteroatoms. The molecule has 1 aromatic carbocycles. The summed E-state index contributed by atoms with van der Waals surface area (Å²) in [7, 11) is 0. The van der Waals surface area contributed by atoms with Crippen LogP contribution >= 0.6 is 0 Å². The van der Waals surface area contributed by atoms with Crippen LogP contribution in [0.15, 0.2) is 30.5 Å². The molecule has 1 saturated heterocycles. The molecule has 2 heterocycles. The first-order valence-corrected chi connectivity index (χ1v) is 6.54. The van der Waals surface area contributed by atoms with Crippen LogP contribution in [0.1, 0.15) is 12.5 Å². The van der Waals surface area contributed by atoms with Crippen molar-refractivity contribution in [2.24, 2.45) is 5.92 Å². The number of pyridine rings is 1. The van der Waals surface area contributed by atoms with E-state index in [9.17, 15) is 4.79 Å². The van der Waals surface area contributed by atoms with Gasteiger partial charge >= 0.3 is 5.97 Å². The van der Waals surface area contributed by atoms with Crippen molar-refractivity contribution in [3.8, 4) is 0 Å². The van der Waals surface area contributed by atoms with Crippen LogP contribution in [0.2, 0.25) is 0 Å². The van der Waals surface area contributed by atoms with Crippen molar-refractivity contribution in [2.45, 2.75) is 13.3 Å². The highest BCUT2D eigenvalue weighted by atomic mass is 16.4. The maximum Gasteiger partial charge on any atom is 0.310 e. The van der Waals surface area contributed by atoms with Gasteiger partial charge in [0.25, 0.3) is 0 Å². The number of carboxylic acid groups (broad SMARTS) is 1. The monoisotopic (exact) mass is 256 g/mol. The third kappa shape index (κ3) is 2.03. The van der Waals surface area contributed by atoms with Crippen molar-refractivity contribution in [1.82, 2.24) is 4.98 Å². The smallest absolute Gasteiger partial charge is 0.310 e. The number of carboxylic acids is 1. The Balaban J connectivity index is 1.97. The third-order valence-corrected chi connectivity index (χ3v) is 3.76. The Morgan fingerprint density at radius 1 is 1.42 bits per heavy atom. The number of carbonyl (C=O) groups is 1. The number of aliphatic carboxylic acids is 1. The van der Waals surface area contributed by atoms with Crippen LogP contribution in [-0.4, -0.2) is 29.1 Å². The van der Waals surface area contributed by atoms with Gasteiger partial charge in [0.15, 0.2) is 0 Å². The molecule has 0 bridgehead atoms. The van der Waals surface area contributed by atoms with Gasteiger partial charge in [0.2, 0.25) is 0 Å². The van der Waals surface area contributed by atoms with Gasteiger partial charge in [0.05, 0.1) is 11.4 Å². The number of fused-ring (bicyclic) bond motifs is 1. The Kier molecular flexibility index (Phi) is 2.85. The predicted molar refractivity (Wildman–Crippen MR) is 74.5 cm³/mol. The minimum atomic E-state index is -0.705. The Hall–Kier alpha value is -2.10. The van der Waals surface area contributed by atoms with Crippen molar-refractivity contribution >= 4 is 22.6 Å². The Morgan fingerprint density at radius 2 is 2.21 bits per heavy atom. The number of nitrogens with zero attached hydrogens (tertiary/aromatic N) is 2. The molecule has 98 valence electrons. The molecular formula is C15H16N2O2. The Morgan fingerprint density at radius 3 is 2.89 bits per heavy atom. The zero-order chi connectivity index (χ0) is 13.4. The van der Waals surface area contributed by atoms with Crippen LogP contribution in [0.25, 0.3) is 10.9 Å². The minimum Gasteiger partial charge on any atom is -0.481 e. The molecule has 0 aliphatic carbocycles. The highest BCUT2D eigenvalue weighted by molar-refractivity contribution is 5.93. The predicted octanol–water partition coefficient (Wildman–Crippen LogP) is 2.32. The molecule has 1 N–H and O–H groups in total. The molecular weight excluding hydrogens is 240 g/mol. The maximum absolute atomic E-state index is 10.9. The van der Waals surface area contributed by atoms with E-state index in [1.165, 1.54) is 5.56 Å². The molecule has 19 heavy (non-hydrogen) atoms. The summed E-state index contributed by atoms with van der Waals surface area (Å²) in [6, 6.07) is 8.26. The van der Waals surface area contributed by atoms with Gasteiger partial charge in [-0.3, -0.25) is 9.78 Å². The van der Waals surface area contributed by atoms with Crippen molar-refractivity contribution in [2.75, 3.05) is 18.0 Å². The lowest BCUT2D eigenvalue weighted by Gasteiger charge is -2.39. The fourth-order valence-corrected chi connectivity index (χ4v) is 2.51. The number of hydrogen-bond acceptors (Lipinski definition) is 3. The van der Waals surface area contributed by atoms with Crippen LogP contribution in [0, 0.1) is 5.92 Å². The molecule has 0 amide bonds. The summed E-state index contributed by atoms with van der Waals surface area (Å²) in [6.07, 6.45) is 2.78. The first-order chi connectivity index (χ1) is 9.19. The lowest BCUT2D eigenvalue weighted by atomic mass is 9.98. The van der Waals surface area contributed by atoms with Crippen molar-refractivity contribution in [3.63, 3.8) is 0 Å². The van der Waals surface area contributed by atoms with Crippen LogP contribution in [-0.2, 0) is 11.2 Å². The molecule has 1 fully saturated rings. The summed E-state index contributed by atoms with van der Waals surface area (Å²) in [4.78, 5) is 17.4. The highest BCUT2D eigenvalue weighted by Gasteiger charge is 2.33. The lowest BCUT2D eigenvalue weighted by Crippen LogP contribution is -2.50. The van der Waals surface area contributed by atoms with E-state index >= 15 is 0 Å². The second-order valence-electron chi connectivity index (χ2n) is 4.98. The van der Waals surface area contributed by atoms with E-state index < -0.39 is 5.97 Å². The summed E-state index contributed by atoms with van der Waals surface area (Å²) in [5, 5.41) is 10.1. The molecule has 1 aliphatic rings. The van der Waals surface area contributed by atoms with Crippen LogP contribution in [0.5, 0.6) is 0 Å². The average Bonchev–Trinajstić information content (AvgIpc) is 2.36. The number of hydrogen-bond donors (Lipinski definition) is 1. The summed E-state index contributed by atoms with van der Waals surface area (Å²) in [6.45, 7) is 3.30. The number of rotatable bonds is 3. The molecule has 4 nitrogen and oxygen atoms in total. The first-order valence-electron chi connectivity index (χ1n) is 6.54. The molecule has 2 aromatic rings. The fraction of sp³-hybridized carbons (Fsp3) is 0.333. The number of anilines is 1. The van der Waals surface area contributed by atoms with Gasteiger partial charge in [-0.25, -0.2) is 0 Å². The zero-order valence-corrected chi connectivity index (χ0v) is 10.8. The van der Waals surface area contributed by atoms with E-state index in [-0.39, 0.29) is 5.92 Å². The maximum atomic E-state index is 10.9. The van der Waals surface area contributed by atoms with E-state index in [1.807, 2.05) is 12.1 Å². The van der Waals surface area contributed by atoms with E-state index in [2.05, 4.69) is 28.9 Å². The summed E-state index contributed by atoms with van der Waals surface area (Å²) in [5.74, 6) is -0.943. The van der Waals surface area contributed by atoms with Gasteiger partial charge in [-0.15, -0.1) is 0 Å². The Bertz CT molecular complexity index is 633. The molecule has 0 unspecified atom stereocenters. The second kappa shape index (κ2) is 4.53. The van der Waals surface area contributed by atoms with E-state index in [4.69, 9.17) is 5.11 Å². The first kappa shape index (κ1) is 12.0. The molecule has 0 radical (unpaired) electrons. The minimum absolute atomic E-state index is 0.238. The number of aryl methyl sites for hydroxylation is 1. The van der Waals surface area contributed by atoms with Gasteiger partial charge in [-0.05, 0) is 30.2 Å². The largest absolute Gasteiger partial charge is 0.481 e. The summed E-state index contributed by atoms with van der Waals surface area (Å²) >= 11 is 0. The number of aromatic nitrogens is 1. The zero-order valence-electron chi connectivity index (χ0n) is 10.8. The van der Waals surface area contributed by atoms with Crippen LogP contribution in [0.4, 0.5) is 5.69 Å². The van der Waals surface area contributed by atoms with Crippen molar-refractivity contribution in [3.05, 3.63) is 36.0 Å². The quantitative estimate of drug-likeness (QED) is 0.915. The Labute approximate surface area is 111 Å². The van der Waals surface area contributed by atoms with Gasteiger partial charge in [-0.2, -0.15) is 0 Å². The molecule has 1 aromatic heterocycles. The summed E-state index contributed by atoms with van der Waals surface area (Å²) < 4.78 is 0. The molecule has 0 atom stereocenters. The van der Waals surface area contributed by atoms with Gasteiger partial charge in [-0.1, -0.05) is 13.0 Å². The molecule has 0 saturated carbocycles. The number of benzene rings is 1. The normalized spacial score (nSPS) is 15.5. The fourth-order valence-electron chi connectivity index (χ4n) is 2.51. The standard InChI is InChI=1S/C15H16N2O2/c1-2-10-3-4-13-12(7-10)14(5-6-16-13)17-8-11(9-17)15(18)19/h3-7,11H,2,8-9H2,1H3,(H,18,19). The van der Waals surface area contributed by atoms with E-state index in [0.717, 1.165) is 23.0 Å². The lowest BCUT2D eigenvalue weighted by molar-refractivity contribution is -0.142. The van der Waals surface area contributed by atoms with E-state index in [0.29, 0.717) is 13.1 Å².